The van der Waals surface area contributed by atoms with Crippen molar-refractivity contribution in [2.24, 2.45) is 0 Å². The second-order valence-electron chi connectivity index (χ2n) is 7.40. The van der Waals surface area contributed by atoms with Crippen LogP contribution in [0.2, 0.25) is 0 Å². The third-order valence-electron chi connectivity index (χ3n) is 4.04. The minimum Gasteiger partial charge on any atom is -0.445 e. The zero-order valence-corrected chi connectivity index (χ0v) is 15.8. The van der Waals surface area contributed by atoms with Gasteiger partial charge in [0.05, 0.1) is 12.1 Å². The van der Waals surface area contributed by atoms with Gasteiger partial charge in [0.2, 0.25) is 0 Å². The van der Waals surface area contributed by atoms with Crippen molar-refractivity contribution in [3.63, 3.8) is 0 Å². The highest BCUT2D eigenvalue weighted by Crippen LogP contribution is 2.23. The average molecular weight is 364 g/mol. The molecule has 1 aromatic rings. The van der Waals surface area contributed by atoms with Crippen molar-refractivity contribution in [2.45, 2.75) is 64.0 Å². The summed E-state index contributed by atoms with van der Waals surface area (Å²) in [4.78, 5) is 24.0. The largest absolute Gasteiger partial charge is 0.445 e. The van der Waals surface area contributed by atoms with E-state index in [1.54, 1.807) is 7.11 Å². The Morgan fingerprint density at radius 2 is 1.77 bits per heavy atom. The number of hydrogen-bond acceptors (Lipinski definition) is 5. The van der Waals surface area contributed by atoms with Crippen LogP contribution >= 0.6 is 0 Å². The summed E-state index contributed by atoms with van der Waals surface area (Å²) in [5, 5.41) is 5.65. The maximum Gasteiger partial charge on any atom is 0.407 e. The molecular weight excluding hydrogens is 336 g/mol. The molecule has 1 aliphatic rings. The lowest BCUT2D eigenvalue weighted by Crippen LogP contribution is -2.43. The van der Waals surface area contributed by atoms with E-state index in [-0.39, 0.29) is 24.8 Å². The van der Waals surface area contributed by atoms with Crippen LogP contribution in [-0.2, 0) is 20.8 Å². The first-order valence-electron chi connectivity index (χ1n) is 8.76. The van der Waals surface area contributed by atoms with E-state index in [1.165, 1.54) is 0 Å². The van der Waals surface area contributed by atoms with Gasteiger partial charge >= 0.3 is 12.2 Å². The Morgan fingerprint density at radius 1 is 1.08 bits per heavy atom. The topological polar surface area (TPSA) is 85.9 Å². The van der Waals surface area contributed by atoms with Gasteiger partial charge in [-0.15, -0.1) is 0 Å². The monoisotopic (exact) mass is 364 g/mol. The summed E-state index contributed by atoms with van der Waals surface area (Å²) in [5.41, 5.74) is 0.359. The van der Waals surface area contributed by atoms with E-state index >= 15 is 0 Å². The van der Waals surface area contributed by atoms with Crippen molar-refractivity contribution in [2.75, 3.05) is 7.11 Å². The number of rotatable bonds is 5. The van der Waals surface area contributed by atoms with Gasteiger partial charge in [0.1, 0.15) is 12.2 Å². The van der Waals surface area contributed by atoms with Crippen LogP contribution in [0.3, 0.4) is 0 Å². The Labute approximate surface area is 154 Å². The highest BCUT2D eigenvalue weighted by Gasteiger charge is 2.37. The van der Waals surface area contributed by atoms with Crippen LogP contribution in [0.1, 0.15) is 39.2 Å². The molecule has 26 heavy (non-hydrogen) atoms. The van der Waals surface area contributed by atoms with Crippen LogP contribution in [0.15, 0.2) is 30.3 Å². The summed E-state index contributed by atoms with van der Waals surface area (Å²) < 4.78 is 16.0. The molecule has 2 N–H and O–H groups in total. The first-order chi connectivity index (χ1) is 12.3. The number of ether oxygens (including phenoxy) is 3. The zero-order chi connectivity index (χ0) is 19.2. The van der Waals surface area contributed by atoms with Crippen LogP contribution in [0.5, 0.6) is 0 Å². The Hall–Kier alpha value is -2.28. The summed E-state index contributed by atoms with van der Waals surface area (Å²) in [6.45, 7) is 5.64. The summed E-state index contributed by atoms with van der Waals surface area (Å²) in [7, 11) is 1.59. The molecule has 7 heteroatoms. The molecule has 0 spiro atoms. The molecule has 0 saturated heterocycles. The van der Waals surface area contributed by atoms with Gasteiger partial charge in [-0.05, 0) is 39.2 Å². The van der Waals surface area contributed by atoms with Gasteiger partial charge in [0, 0.05) is 13.2 Å². The molecule has 1 aliphatic carbocycles. The molecule has 144 valence electrons. The van der Waals surface area contributed by atoms with Crippen LogP contribution in [0.25, 0.3) is 0 Å². The third-order valence-corrected chi connectivity index (χ3v) is 4.04. The average Bonchev–Trinajstić information content (AvgIpc) is 2.93. The van der Waals surface area contributed by atoms with Crippen LogP contribution < -0.4 is 10.6 Å². The van der Waals surface area contributed by atoms with Crippen LogP contribution in [-0.4, -0.2) is 43.1 Å². The molecule has 3 atom stereocenters. The number of methoxy groups -OCH3 is 1. The van der Waals surface area contributed by atoms with Crippen molar-refractivity contribution in [3.8, 4) is 0 Å². The van der Waals surface area contributed by atoms with Gasteiger partial charge in [-0.2, -0.15) is 0 Å². The Bertz CT molecular complexity index is 600. The highest BCUT2D eigenvalue weighted by molar-refractivity contribution is 5.69. The Morgan fingerprint density at radius 3 is 2.38 bits per heavy atom. The maximum atomic E-state index is 12.0. The number of carbonyl (C=O) groups excluding carboxylic acids is 2. The van der Waals surface area contributed by atoms with Crippen LogP contribution in [0, 0.1) is 0 Å². The quantitative estimate of drug-likeness (QED) is 0.839. The minimum absolute atomic E-state index is 0.136. The lowest BCUT2D eigenvalue weighted by atomic mass is 10.2. The van der Waals surface area contributed by atoms with Gasteiger partial charge < -0.3 is 24.8 Å². The van der Waals surface area contributed by atoms with Crippen molar-refractivity contribution in [3.05, 3.63) is 35.9 Å². The van der Waals surface area contributed by atoms with Crippen molar-refractivity contribution in [1.82, 2.24) is 10.6 Å². The standard InChI is InChI=1S/C19H28N2O5/c1-19(2,3)26-18(23)21-15-10-14(11-16(15)24-4)20-17(22)25-12-13-8-6-5-7-9-13/h5-9,14-16H,10-12H2,1-4H3,(H,20,22)(H,21,23)/t14-,15+,16-/m1/s1. The second-order valence-corrected chi connectivity index (χ2v) is 7.40. The molecule has 2 amide bonds. The van der Waals surface area contributed by atoms with E-state index in [4.69, 9.17) is 14.2 Å². The van der Waals surface area contributed by atoms with Crippen molar-refractivity contribution < 1.29 is 23.8 Å². The van der Waals surface area contributed by atoms with Crippen LogP contribution in [0.4, 0.5) is 9.59 Å². The molecule has 0 aromatic heterocycles. The molecule has 1 fully saturated rings. The minimum atomic E-state index is -0.565. The van der Waals surface area contributed by atoms with Crippen molar-refractivity contribution >= 4 is 12.2 Å². The van der Waals surface area contributed by atoms with Gasteiger partial charge in [0.15, 0.2) is 0 Å². The molecule has 0 bridgehead atoms. The number of carbonyl (C=O) groups is 2. The maximum absolute atomic E-state index is 12.0. The fraction of sp³-hybridized carbons (Fsp3) is 0.579. The van der Waals surface area contributed by atoms with E-state index in [9.17, 15) is 9.59 Å². The molecule has 0 heterocycles. The number of alkyl carbamates (subject to hydrolysis) is 2. The smallest absolute Gasteiger partial charge is 0.407 e. The molecule has 7 nitrogen and oxygen atoms in total. The van der Waals surface area contributed by atoms with Gasteiger partial charge in [0.25, 0.3) is 0 Å². The van der Waals surface area contributed by atoms with E-state index in [2.05, 4.69) is 10.6 Å². The molecule has 0 aliphatic heterocycles. The fourth-order valence-electron chi connectivity index (χ4n) is 2.92. The number of nitrogens with one attached hydrogen (secondary N) is 2. The fourth-order valence-corrected chi connectivity index (χ4v) is 2.92. The second kappa shape index (κ2) is 8.89. The van der Waals surface area contributed by atoms with E-state index in [0.717, 1.165) is 5.56 Å². The Balaban J connectivity index is 1.80. The lowest BCUT2D eigenvalue weighted by molar-refractivity contribution is 0.0391. The summed E-state index contributed by atoms with van der Waals surface area (Å²) in [6, 6.07) is 9.12. The summed E-state index contributed by atoms with van der Waals surface area (Å²) >= 11 is 0. The highest BCUT2D eigenvalue weighted by atomic mass is 16.6. The summed E-state index contributed by atoms with van der Waals surface area (Å²) in [6.07, 6.45) is -0.0132. The number of hydrogen-bond donors (Lipinski definition) is 2. The van der Waals surface area contributed by atoms with Crippen molar-refractivity contribution in [1.29, 1.82) is 0 Å². The SMILES string of the molecule is CO[C@@H]1C[C@H](NC(=O)OCc2ccccc2)C[C@@H]1NC(=O)OC(C)(C)C. The van der Waals surface area contributed by atoms with E-state index in [0.29, 0.717) is 12.8 Å². The van der Waals surface area contributed by atoms with Gasteiger partial charge in [-0.1, -0.05) is 30.3 Å². The first kappa shape index (κ1) is 20.0. The number of amides is 2. The van der Waals surface area contributed by atoms with E-state index in [1.807, 2.05) is 51.1 Å². The lowest BCUT2D eigenvalue weighted by Gasteiger charge is -2.24. The molecule has 2 rings (SSSR count). The molecule has 0 unspecified atom stereocenters. The van der Waals surface area contributed by atoms with Gasteiger partial charge in [-0.25, -0.2) is 9.59 Å². The third kappa shape index (κ3) is 6.55. The van der Waals surface area contributed by atoms with E-state index < -0.39 is 17.8 Å². The number of benzene rings is 1. The Kier molecular flexibility index (Phi) is 6.85. The zero-order valence-electron chi connectivity index (χ0n) is 15.8. The molecule has 1 saturated carbocycles. The normalized spacial score (nSPS) is 22.5. The molecule has 1 aromatic carbocycles. The molecular formula is C19H28N2O5. The molecule has 0 radical (unpaired) electrons. The predicted molar refractivity (Wildman–Crippen MR) is 96.7 cm³/mol. The predicted octanol–water partition coefficient (Wildman–Crippen LogP) is 2.98. The van der Waals surface area contributed by atoms with Gasteiger partial charge in [-0.3, -0.25) is 0 Å². The first-order valence-corrected chi connectivity index (χ1v) is 8.76. The summed E-state index contributed by atoms with van der Waals surface area (Å²) in [5.74, 6) is 0.